The Morgan fingerprint density at radius 2 is 1.56 bits per heavy atom. The lowest BCUT2D eigenvalue weighted by molar-refractivity contribution is 0.775. The fourth-order valence-corrected chi connectivity index (χ4v) is 1.53. The molecule has 0 aliphatic heterocycles. The molecule has 0 radical (unpaired) electrons. The molecule has 2 aliphatic carbocycles. The number of rotatable bonds is 0. The molecule has 0 aromatic heterocycles. The zero-order valence-corrected chi connectivity index (χ0v) is 5.02. The summed E-state index contributed by atoms with van der Waals surface area (Å²) in [5.41, 5.74) is 1.09. The van der Waals surface area contributed by atoms with E-state index in [1.807, 2.05) is 12.2 Å². The SMILES string of the molecule is N=C1C(=N)C2C=CC1C2. The Hall–Kier alpha value is -0.920. The van der Waals surface area contributed by atoms with E-state index < -0.39 is 0 Å². The zero-order chi connectivity index (χ0) is 6.43. The van der Waals surface area contributed by atoms with Gasteiger partial charge in [0.1, 0.15) is 0 Å². The molecule has 0 aromatic rings. The molecule has 2 nitrogen and oxygen atoms in total. The first kappa shape index (κ1) is 4.91. The van der Waals surface area contributed by atoms with E-state index >= 15 is 0 Å². The predicted octanol–water partition coefficient (Wildman–Crippen LogP) is 1.23. The van der Waals surface area contributed by atoms with Crippen LogP contribution in [0.2, 0.25) is 0 Å². The van der Waals surface area contributed by atoms with Gasteiger partial charge in [-0.25, -0.2) is 0 Å². The summed E-state index contributed by atoms with van der Waals surface area (Å²) in [6.45, 7) is 0. The first-order valence-electron chi connectivity index (χ1n) is 3.14. The van der Waals surface area contributed by atoms with Gasteiger partial charge in [0.15, 0.2) is 0 Å². The third-order valence-electron chi connectivity index (χ3n) is 2.12. The summed E-state index contributed by atoms with van der Waals surface area (Å²) in [7, 11) is 0. The standard InChI is InChI=1S/C7H8N2/c8-6-4-1-2-5(3-4)7(6)9/h1-2,4-5,8-9H,3H2. The van der Waals surface area contributed by atoms with E-state index in [1.165, 1.54) is 0 Å². The number of nitrogens with one attached hydrogen (secondary N) is 2. The van der Waals surface area contributed by atoms with Crippen LogP contribution in [0.4, 0.5) is 0 Å². The Kier molecular flexibility index (Phi) is 0.721. The van der Waals surface area contributed by atoms with Gasteiger partial charge in [-0.3, -0.25) is 0 Å². The molecule has 0 heterocycles. The molecule has 1 saturated carbocycles. The Labute approximate surface area is 53.6 Å². The van der Waals surface area contributed by atoms with Crippen LogP contribution in [0.25, 0.3) is 0 Å². The topological polar surface area (TPSA) is 47.7 Å². The molecule has 2 atom stereocenters. The van der Waals surface area contributed by atoms with Crippen LogP contribution >= 0.6 is 0 Å². The van der Waals surface area contributed by atoms with Crippen LogP contribution in [-0.4, -0.2) is 11.4 Å². The van der Waals surface area contributed by atoms with Gasteiger partial charge in [-0.05, 0) is 6.42 Å². The fourth-order valence-electron chi connectivity index (χ4n) is 1.53. The minimum Gasteiger partial charge on any atom is -0.303 e. The van der Waals surface area contributed by atoms with Crippen molar-refractivity contribution in [2.75, 3.05) is 0 Å². The summed E-state index contributed by atoms with van der Waals surface area (Å²) in [6.07, 6.45) is 5.09. The molecule has 2 unspecified atom stereocenters. The van der Waals surface area contributed by atoms with Crippen LogP contribution in [0.3, 0.4) is 0 Å². The van der Waals surface area contributed by atoms with Gasteiger partial charge in [-0.1, -0.05) is 12.2 Å². The van der Waals surface area contributed by atoms with Gasteiger partial charge in [0.25, 0.3) is 0 Å². The van der Waals surface area contributed by atoms with Crippen LogP contribution in [0.1, 0.15) is 6.42 Å². The Bertz CT molecular complexity index is 193. The number of fused-ring (bicyclic) bond motifs is 2. The monoisotopic (exact) mass is 120 g/mol. The fraction of sp³-hybridized carbons (Fsp3) is 0.429. The lowest BCUT2D eigenvalue weighted by atomic mass is 10.0. The summed E-state index contributed by atoms with van der Waals surface area (Å²) in [6, 6.07) is 0. The average Bonchev–Trinajstić information content (AvgIpc) is 2.37. The molecule has 1 fully saturated rings. The average molecular weight is 120 g/mol. The van der Waals surface area contributed by atoms with Crippen molar-refractivity contribution in [3.8, 4) is 0 Å². The molecule has 9 heavy (non-hydrogen) atoms. The summed E-state index contributed by atoms with van der Waals surface area (Å²) in [4.78, 5) is 0. The van der Waals surface area contributed by atoms with Crippen molar-refractivity contribution in [3.63, 3.8) is 0 Å². The smallest absolute Gasteiger partial charge is 0.0596 e. The summed E-state index contributed by atoms with van der Waals surface area (Å²) in [5, 5.41) is 14.7. The number of hydrogen-bond donors (Lipinski definition) is 2. The molecule has 2 bridgehead atoms. The molecule has 0 aromatic carbocycles. The van der Waals surface area contributed by atoms with E-state index in [4.69, 9.17) is 10.8 Å². The van der Waals surface area contributed by atoms with Gasteiger partial charge in [0.05, 0.1) is 11.4 Å². The molecular formula is C7H8N2. The summed E-state index contributed by atoms with van der Waals surface area (Å²) >= 11 is 0. The maximum atomic E-state index is 7.37. The second-order valence-corrected chi connectivity index (χ2v) is 2.66. The molecule has 0 spiro atoms. The number of allylic oxidation sites excluding steroid dienone is 2. The van der Waals surface area contributed by atoms with E-state index in [2.05, 4.69) is 0 Å². The van der Waals surface area contributed by atoms with Crippen LogP contribution in [0, 0.1) is 22.7 Å². The normalized spacial score (nSPS) is 38.7. The van der Waals surface area contributed by atoms with Crippen LogP contribution in [0.5, 0.6) is 0 Å². The van der Waals surface area contributed by atoms with Crippen LogP contribution < -0.4 is 0 Å². The molecule has 2 N–H and O–H groups in total. The number of hydrogen-bond acceptors (Lipinski definition) is 2. The minimum absolute atomic E-state index is 0.294. The third-order valence-corrected chi connectivity index (χ3v) is 2.12. The van der Waals surface area contributed by atoms with Gasteiger partial charge < -0.3 is 10.8 Å². The molecule has 2 aliphatic rings. The maximum Gasteiger partial charge on any atom is 0.0596 e. The Morgan fingerprint density at radius 1 is 1.11 bits per heavy atom. The van der Waals surface area contributed by atoms with Crippen molar-refractivity contribution < 1.29 is 0 Å². The van der Waals surface area contributed by atoms with Crippen molar-refractivity contribution in [2.45, 2.75) is 6.42 Å². The molecule has 46 valence electrons. The quantitative estimate of drug-likeness (QED) is 0.452. The van der Waals surface area contributed by atoms with E-state index in [-0.39, 0.29) is 0 Å². The molecule has 2 rings (SSSR count). The zero-order valence-electron chi connectivity index (χ0n) is 5.02. The van der Waals surface area contributed by atoms with E-state index in [0.29, 0.717) is 23.3 Å². The van der Waals surface area contributed by atoms with Gasteiger partial charge in [-0.15, -0.1) is 0 Å². The minimum atomic E-state index is 0.294. The Balaban J connectivity index is 2.47. The highest BCUT2D eigenvalue weighted by Gasteiger charge is 2.35. The highest BCUT2D eigenvalue weighted by Crippen LogP contribution is 2.33. The summed E-state index contributed by atoms with van der Waals surface area (Å²) in [5.74, 6) is 0.588. The van der Waals surface area contributed by atoms with Gasteiger partial charge in [-0.2, -0.15) is 0 Å². The van der Waals surface area contributed by atoms with E-state index in [0.717, 1.165) is 6.42 Å². The highest BCUT2D eigenvalue weighted by molar-refractivity contribution is 6.44. The van der Waals surface area contributed by atoms with Crippen molar-refractivity contribution in [3.05, 3.63) is 12.2 Å². The van der Waals surface area contributed by atoms with Crippen molar-refractivity contribution in [1.29, 1.82) is 10.8 Å². The Morgan fingerprint density at radius 3 is 1.78 bits per heavy atom. The van der Waals surface area contributed by atoms with Gasteiger partial charge in [0.2, 0.25) is 0 Å². The maximum absolute atomic E-state index is 7.37. The van der Waals surface area contributed by atoms with Crippen molar-refractivity contribution >= 4 is 11.4 Å². The van der Waals surface area contributed by atoms with Crippen LogP contribution in [-0.2, 0) is 0 Å². The predicted molar refractivity (Wildman–Crippen MR) is 36.2 cm³/mol. The summed E-state index contributed by atoms with van der Waals surface area (Å²) < 4.78 is 0. The first-order chi connectivity index (χ1) is 4.29. The molecule has 0 saturated heterocycles. The third kappa shape index (κ3) is 0.453. The van der Waals surface area contributed by atoms with E-state index in [9.17, 15) is 0 Å². The second kappa shape index (κ2) is 1.32. The van der Waals surface area contributed by atoms with Crippen molar-refractivity contribution in [2.24, 2.45) is 11.8 Å². The van der Waals surface area contributed by atoms with Gasteiger partial charge in [0, 0.05) is 11.8 Å². The highest BCUT2D eigenvalue weighted by atomic mass is 14.6. The second-order valence-electron chi connectivity index (χ2n) is 2.66. The molecular weight excluding hydrogens is 112 g/mol. The van der Waals surface area contributed by atoms with Crippen LogP contribution in [0.15, 0.2) is 12.2 Å². The molecule has 0 amide bonds. The van der Waals surface area contributed by atoms with Gasteiger partial charge >= 0.3 is 0 Å². The lowest BCUT2D eigenvalue weighted by Gasteiger charge is -2.03. The largest absolute Gasteiger partial charge is 0.303 e. The molecule has 2 heteroatoms. The van der Waals surface area contributed by atoms with E-state index in [1.54, 1.807) is 0 Å². The lowest BCUT2D eigenvalue weighted by Crippen LogP contribution is -2.15. The first-order valence-corrected chi connectivity index (χ1v) is 3.14. The van der Waals surface area contributed by atoms with Crippen molar-refractivity contribution in [1.82, 2.24) is 0 Å².